The molecule has 0 amide bonds. The van der Waals surface area contributed by atoms with E-state index < -0.39 is 20.0 Å². The Morgan fingerprint density at radius 1 is 1.04 bits per heavy atom. The molecule has 24 heavy (non-hydrogen) atoms. The number of rotatable bonds is 5. The molecule has 2 aromatic carbocycles. The minimum atomic E-state index is -4.70. The summed E-state index contributed by atoms with van der Waals surface area (Å²) in [7, 11) is -4.70. The van der Waals surface area contributed by atoms with Gasteiger partial charge < -0.3 is 0 Å². The van der Waals surface area contributed by atoms with Crippen molar-refractivity contribution < 1.29 is 17.2 Å². The Labute approximate surface area is 143 Å². The van der Waals surface area contributed by atoms with Gasteiger partial charge in [0.05, 0.1) is 14.8 Å². The minimum absolute atomic E-state index is 0.0874. The number of hydrogen-bond donors (Lipinski definition) is 0. The van der Waals surface area contributed by atoms with Gasteiger partial charge >= 0.3 is 10.2 Å². The summed E-state index contributed by atoms with van der Waals surface area (Å²) >= 11 is 5.96. The summed E-state index contributed by atoms with van der Waals surface area (Å²) < 4.78 is 34.2. The third kappa shape index (κ3) is 4.74. The summed E-state index contributed by atoms with van der Waals surface area (Å²) in [6.45, 7) is 0. The molecular formula is C16H11ClFNO4S. The number of allylic oxidation sites excluding steroid dienone is 2. The second-order valence-corrected chi connectivity index (χ2v) is 6.44. The maximum atomic E-state index is 12.8. The van der Waals surface area contributed by atoms with Crippen LogP contribution in [-0.2, 0) is 10.2 Å². The molecule has 124 valence electrons. The second-order valence-electron chi connectivity index (χ2n) is 4.69. The lowest BCUT2D eigenvalue weighted by atomic mass is 10.1. The van der Waals surface area contributed by atoms with Crippen molar-refractivity contribution in [2.45, 2.75) is 4.90 Å². The summed E-state index contributed by atoms with van der Waals surface area (Å²) in [4.78, 5) is 9.70. The topological polar surface area (TPSA) is 77.3 Å². The number of nitro benzene ring substituents is 1. The third-order valence-corrected chi connectivity index (χ3v) is 4.19. The van der Waals surface area contributed by atoms with E-state index in [0.717, 1.165) is 0 Å². The lowest BCUT2D eigenvalue weighted by Crippen LogP contribution is -1.90. The predicted molar refractivity (Wildman–Crippen MR) is 90.9 cm³/mol. The summed E-state index contributed by atoms with van der Waals surface area (Å²) in [6.07, 6.45) is 6.71. The fraction of sp³-hybridized carbons (Fsp3) is 0. The normalized spacial score (nSPS) is 12.1. The lowest BCUT2D eigenvalue weighted by molar-refractivity contribution is -0.384. The first-order chi connectivity index (χ1) is 11.3. The zero-order valence-electron chi connectivity index (χ0n) is 12.1. The largest absolute Gasteiger partial charge is 0.332 e. The Kier molecular flexibility index (Phi) is 5.48. The van der Waals surface area contributed by atoms with Gasteiger partial charge in [0.2, 0.25) is 0 Å². The van der Waals surface area contributed by atoms with Crippen LogP contribution < -0.4 is 0 Å². The Hall–Kier alpha value is -2.51. The monoisotopic (exact) mass is 367 g/mol. The molecule has 0 atom stereocenters. The third-order valence-electron chi connectivity index (χ3n) is 3.03. The number of nitrogens with zero attached hydrogens (tertiary/aromatic N) is 1. The minimum Gasteiger partial charge on any atom is -0.258 e. The van der Waals surface area contributed by atoms with Gasteiger partial charge in [-0.15, -0.1) is 3.89 Å². The van der Waals surface area contributed by atoms with E-state index in [-0.39, 0.29) is 10.7 Å². The summed E-state index contributed by atoms with van der Waals surface area (Å²) in [6, 6.07) is 9.43. The van der Waals surface area contributed by atoms with Crippen LogP contribution in [0, 0.1) is 10.1 Å². The zero-order valence-corrected chi connectivity index (χ0v) is 13.7. The van der Waals surface area contributed by atoms with Crippen molar-refractivity contribution in [1.82, 2.24) is 0 Å². The van der Waals surface area contributed by atoms with E-state index in [1.165, 1.54) is 42.5 Å². The summed E-state index contributed by atoms with van der Waals surface area (Å²) in [5, 5.41) is 10.9. The highest BCUT2D eigenvalue weighted by Gasteiger charge is 2.10. The molecule has 0 aromatic heterocycles. The zero-order chi connectivity index (χ0) is 17.7. The number of non-ortho nitro benzene ring substituents is 1. The predicted octanol–water partition coefficient (Wildman–Crippen LogP) is 4.63. The Bertz CT molecular complexity index is 922. The van der Waals surface area contributed by atoms with E-state index in [2.05, 4.69) is 0 Å². The van der Waals surface area contributed by atoms with Crippen LogP contribution in [0.15, 0.2) is 59.5 Å². The van der Waals surface area contributed by atoms with Gasteiger partial charge in [-0.2, -0.15) is 8.42 Å². The van der Waals surface area contributed by atoms with E-state index in [9.17, 15) is 22.4 Å². The van der Waals surface area contributed by atoms with Crippen LogP contribution in [0.4, 0.5) is 9.57 Å². The van der Waals surface area contributed by atoms with Crippen LogP contribution in [0.3, 0.4) is 0 Å². The van der Waals surface area contributed by atoms with Crippen molar-refractivity contribution in [3.63, 3.8) is 0 Å². The Morgan fingerprint density at radius 2 is 1.67 bits per heavy atom. The SMILES string of the molecule is O=[N+]([O-])c1ccc(C=CC=Cc2ccc(S(=O)(=O)F)cc2)c(Cl)c1. The highest BCUT2D eigenvalue weighted by atomic mass is 35.5. The van der Waals surface area contributed by atoms with Gasteiger partial charge in [-0.3, -0.25) is 10.1 Å². The lowest BCUT2D eigenvalue weighted by Gasteiger charge is -1.97. The molecule has 0 N–H and O–H groups in total. The molecule has 0 fully saturated rings. The maximum Gasteiger partial charge on any atom is 0.332 e. The highest BCUT2D eigenvalue weighted by molar-refractivity contribution is 7.86. The molecule has 0 bridgehead atoms. The van der Waals surface area contributed by atoms with Crippen LogP contribution >= 0.6 is 11.6 Å². The average molecular weight is 368 g/mol. The van der Waals surface area contributed by atoms with Gasteiger partial charge in [0.25, 0.3) is 5.69 Å². The van der Waals surface area contributed by atoms with Crippen LogP contribution in [0.1, 0.15) is 11.1 Å². The molecule has 2 aromatic rings. The van der Waals surface area contributed by atoms with Gasteiger partial charge in [0.1, 0.15) is 0 Å². The van der Waals surface area contributed by atoms with E-state index in [4.69, 9.17) is 11.6 Å². The molecule has 0 saturated carbocycles. The van der Waals surface area contributed by atoms with Crippen molar-refractivity contribution in [2.75, 3.05) is 0 Å². The summed E-state index contributed by atoms with van der Waals surface area (Å²) in [5.74, 6) is 0. The van der Waals surface area contributed by atoms with Crippen LogP contribution in [0.5, 0.6) is 0 Å². The Morgan fingerprint density at radius 3 is 2.21 bits per heavy atom. The molecule has 8 heteroatoms. The molecule has 0 radical (unpaired) electrons. The molecular weight excluding hydrogens is 357 g/mol. The van der Waals surface area contributed by atoms with Crippen LogP contribution in [-0.4, -0.2) is 13.3 Å². The molecule has 0 heterocycles. The van der Waals surface area contributed by atoms with E-state index in [1.807, 2.05) is 0 Å². The highest BCUT2D eigenvalue weighted by Crippen LogP contribution is 2.23. The molecule has 0 aliphatic heterocycles. The van der Waals surface area contributed by atoms with Crippen LogP contribution in [0.25, 0.3) is 12.2 Å². The van der Waals surface area contributed by atoms with Gasteiger partial charge in [0, 0.05) is 12.1 Å². The van der Waals surface area contributed by atoms with Gasteiger partial charge in [-0.05, 0) is 29.3 Å². The molecule has 5 nitrogen and oxygen atoms in total. The number of hydrogen-bond acceptors (Lipinski definition) is 4. The fourth-order valence-corrected chi connectivity index (χ4v) is 2.53. The first-order valence-corrected chi connectivity index (χ1v) is 8.37. The van der Waals surface area contributed by atoms with E-state index in [0.29, 0.717) is 11.1 Å². The molecule has 2 rings (SSSR count). The van der Waals surface area contributed by atoms with E-state index >= 15 is 0 Å². The number of benzene rings is 2. The molecule has 0 spiro atoms. The van der Waals surface area contributed by atoms with Crippen LogP contribution in [0.2, 0.25) is 5.02 Å². The second kappa shape index (κ2) is 7.37. The van der Waals surface area contributed by atoms with E-state index in [1.54, 1.807) is 24.3 Å². The van der Waals surface area contributed by atoms with Crippen molar-refractivity contribution in [3.8, 4) is 0 Å². The number of halogens is 2. The van der Waals surface area contributed by atoms with Crippen molar-refractivity contribution >= 4 is 39.7 Å². The summed E-state index contributed by atoms with van der Waals surface area (Å²) in [5.41, 5.74) is 1.21. The van der Waals surface area contributed by atoms with Crippen molar-refractivity contribution in [2.24, 2.45) is 0 Å². The smallest absolute Gasteiger partial charge is 0.258 e. The van der Waals surface area contributed by atoms with Crippen molar-refractivity contribution in [1.29, 1.82) is 0 Å². The van der Waals surface area contributed by atoms with Gasteiger partial charge in [-0.1, -0.05) is 48.0 Å². The fourth-order valence-electron chi connectivity index (χ4n) is 1.83. The average Bonchev–Trinajstić information content (AvgIpc) is 2.52. The first-order valence-electron chi connectivity index (χ1n) is 6.61. The van der Waals surface area contributed by atoms with Gasteiger partial charge in [0.15, 0.2) is 0 Å². The standard InChI is InChI=1S/C16H11ClFNO4S/c17-16-11-14(19(20)21)8-7-13(16)4-2-1-3-12-5-9-15(10-6-12)24(18,22)23/h1-11H. The molecule has 0 aliphatic rings. The quantitative estimate of drug-likeness (QED) is 0.334. The van der Waals surface area contributed by atoms with Crippen molar-refractivity contribution in [3.05, 3.63) is 80.9 Å². The van der Waals surface area contributed by atoms with Gasteiger partial charge in [-0.25, -0.2) is 0 Å². The molecule has 0 aliphatic carbocycles. The number of nitro groups is 1. The first kappa shape index (κ1) is 17.8. The molecule has 0 unspecified atom stereocenters. The Balaban J connectivity index is 2.08. The molecule has 0 saturated heterocycles. The maximum absolute atomic E-state index is 12.8.